The molecule has 0 fully saturated rings. The monoisotopic (exact) mass is 277 g/mol. The van der Waals surface area contributed by atoms with Gasteiger partial charge in [-0.2, -0.15) is 0 Å². The first kappa shape index (κ1) is 13.7. The largest absolute Gasteiger partial charge is 0.508 e. The summed E-state index contributed by atoms with van der Waals surface area (Å²) in [5.41, 5.74) is 0.996. The van der Waals surface area contributed by atoms with E-state index in [0.29, 0.717) is 0 Å². The fourth-order valence-electron chi connectivity index (χ4n) is 1.79. The Labute approximate surface area is 117 Å². The molecule has 1 aromatic heterocycles. The molecule has 0 unspecified atom stereocenters. The molecule has 0 bridgehead atoms. The zero-order chi connectivity index (χ0) is 13.7. The van der Waals surface area contributed by atoms with Gasteiger partial charge < -0.3 is 15.3 Å². The average molecular weight is 277 g/mol. The summed E-state index contributed by atoms with van der Waals surface area (Å²) in [4.78, 5) is 7.90. The van der Waals surface area contributed by atoms with Crippen LogP contribution in [0.2, 0.25) is 0 Å². The molecule has 0 radical (unpaired) electrons. The number of aromatic nitrogens is 1. The number of rotatable bonds is 6. The molecular formula is C14H19N3OS. The van der Waals surface area contributed by atoms with Gasteiger partial charge in [0.2, 0.25) is 0 Å². The number of hydrogen-bond acceptors (Lipinski definition) is 5. The van der Waals surface area contributed by atoms with Crippen LogP contribution in [-0.4, -0.2) is 23.2 Å². The van der Waals surface area contributed by atoms with Gasteiger partial charge in [-0.15, -0.1) is 11.3 Å². The highest BCUT2D eigenvalue weighted by molar-refractivity contribution is 7.15. The molecule has 2 aromatic rings. The number of hydrogen-bond donors (Lipinski definition) is 2. The summed E-state index contributed by atoms with van der Waals surface area (Å²) in [6, 6.07) is 7.08. The van der Waals surface area contributed by atoms with Gasteiger partial charge in [-0.1, -0.05) is 0 Å². The van der Waals surface area contributed by atoms with E-state index in [4.69, 9.17) is 0 Å². The van der Waals surface area contributed by atoms with Gasteiger partial charge in [0.1, 0.15) is 5.75 Å². The van der Waals surface area contributed by atoms with Crippen molar-refractivity contribution in [2.75, 3.05) is 23.3 Å². The van der Waals surface area contributed by atoms with Gasteiger partial charge in [-0.3, -0.25) is 0 Å². The summed E-state index contributed by atoms with van der Waals surface area (Å²) in [7, 11) is 0. The average Bonchev–Trinajstić information content (AvgIpc) is 2.88. The molecule has 0 spiro atoms. The number of anilines is 2. The van der Waals surface area contributed by atoms with E-state index in [1.165, 1.54) is 4.88 Å². The molecule has 102 valence electrons. The van der Waals surface area contributed by atoms with Crippen LogP contribution in [-0.2, 0) is 6.54 Å². The van der Waals surface area contributed by atoms with Crippen LogP contribution in [0.3, 0.4) is 0 Å². The number of aromatic hydroxyl groups is 1. The minimum absolute atomic E-state index is 0.284. The molecule has 5 heteroatoms. The number of thiazole rings is 1. The maximum atomic E-state index is 9.22. The molecule has 0 aliphatic carbocycles. The van der Waals surface area contributed by atoms with E-state index < -0.39 is 0 Å². The van der Waals surface area contributed by atoms with E-state index in [0.717, 1.165) is 30.5 Å². The van der Waals surface area contributed by atoms with Crippen LogP contribution in [0.4, 0.5) is 10.8 Å². The highest BCUT2D eigenvalue weighted by Gasteiger charge is 2.07. The second-order valence-electron chi connectivity index (χ2n) is 4.18. The molecule has 2 rings (SSSR count). The Kier molecular flexibility index (Phi) is 4.63. The Morgan fingerprint density at radius 1 is 1.21 bits per heavy atom. The molecule has 2 N–H and O–H groups in total. The van der Waals surface area contributed by atoms with Crippen LogP contribution >= 0.6 is 11.3 Å². The van der Waals surface area contributed by atoms with Crippen LogP contribution in [0.5, 0.6) is 5.75 Å². The molecule has 1 aromatic carbocycles. The molecule has 4 nitrogen and oxygen atoms in total. The third kappa shape index (κ3) is 3.61. The van der Waals surface area contributed by atoms with Gasteiger partial charge in [0.15, 0.2) is 5.13 Å². The SMILES string of the molecule is CCN(CC)c1ncc(CNc2ccc(O)cc2)s1. The highest BCUT2D eigenvalue weighted by atomic mass is 32.1. The van der Waals surface area contributed by atoms with Crippen LogP contribution in [0.15, 0.2) is 30.5 Å². The Bertz CT molecular complexity index is 506. The van der Waals surface area contributed by atoms with Crippen molar-refractivity contribution in [2.24, 2.45) is 0 Å². The Hall–Kier alpha value is -1.75. The minimum Gasteiger partial charge on any atom is -0.508 e. The molecular weight excluding hydrogens is 258 g/mol. The van der Waals surface area contributed by atoms with Gasteiger partial charge in [0, 0.05) is 29.9 Å². The van der Waals surface area contributed by atoms with Gasteiger partial charge in [0.05, 0.1) is 6.54 Å². The van der Waals surface area contributed by atoms with Crippen molar-refractivity contribution in [1.82, 2.24) is 4.98 Å². The van der Waals surface area contributed by atoms with Gasteiger partial charge in [-0.05, 0) is 38.1 Å². The lowest BCUT2D eigenvalue weighted by Crippen LogP contribution is -2.21. The zero-order valence-electron chi connectivity index (χ0n) is 11.3. The van der Waals surface area contributed by atoms with Gasteiger partial charge >= 0.3 is 0 Å². The maximum Gasteiger partial charge on any atom is 0.185 e. The van der Waals surface area contributed by atoms with Crippen molar-refractivity contribution in [3.8, 4) is 5.75 Å². The Morgan fingerprint density at radius 3 is 2.53 bits per heavy atom. The summed E-state index contributed by atoms with van der Waals surface area (Å²) >= 11 is 1.72. The molecule has 0 atom stereocenters. The normalized spacial score (nSPS) is 10.4. The quantitative estimate of drug-likeness (QED) is 0.795. The second kappa shape index (κ2) is 6.43. The van der Waals surface area contributed by atoms with E-state index in [1.807, 2.05) is 18.3 Å². The lowest BCUT2D eigenvalue weighted by Gasteiger charge is -2.16. The number of benzene rings is 1. The summed E-state index contributed by atoms with van der Waals surface area (Å²) in [5, 5.41) is 13.6. The van der Waals surface area contributed by atoms with Crippen LogP contribution in [0.25, 0.3) is 0 Å². The predicted octanol–water partition coefficient (Wildman–Crippen LogP) is 3.31. The molecule has 0 saturated heterocycles. The first-order valence-corrected chi connectivity index (χ1v) is 7.27. The highest BCUT2D eigenvalue weighted by Crippen LogP contribution is 2.23. The molecule has 0 aliphatic rings. The van der Waals surface area contributed by atoms with E-state index >= 15 is 0 Å². The maximum absolute atomic E-state index is 9.22. The van der Waals surface area contributed by atoms with Crippen LogP contribution < -0.4 is 10.2 Å². The van der Waals surface area contributed by atoms with E-state index in [2.05, 4.69) is 29.0 Å². The number of phenols is 1. The third-order valence-electron chi connectivity index (χ3n) is 2.91. The number of phenolic OH excluding ortho intramolecular Hbond substituents is 1. The molecule has 1 heterocycles. The fraction of sp³-hybridized carbons (Fsp3) is 0.357. The van der Waals surface area contributed by atoms with Crippen molar-refractivity contribution in [1.29, 1.82) is 0 Å². The first-order valence-electron chi connectivity index (χ1n) is 6.45. The van der Waals surface area contributed by atoms with Crippen LogP contribution in [0.1, 0.15) is 18.7 Å². The first-order chi connectivity index (χ1) is 9.22. The van der Waals surface area contributed by atoms with Crippen LogP contribution in [0, 0.1) is 0 Å². The van der Waals surface area contributed by atoms with Crippen molar-refractivity contribution < 1.29 is 5.11 Å². The van der Waals surface area contributed by atoms with E-state index in [9.17, 15) is 5.11 Å². The molecule has 0 saturated carbocycles. The van der Waals surface area contributed by atoms with Gasteiger partial charge in [0.25, 0.3) is 0 Å². The summed E-state index contributed by atoms with van der Waals surface area (Å²) < 4.78 is 0. The third-order valence-corrected chi connectivity index (χ3v) is 3.97. The summed E-state index contributed by atoms with van der Waals surface area (Å²) in [6.45, 7) is 6.99. The lowest BCUT2D eigenvalue weighted by molar-refractivity contribution is 0.475. The smallest absolute Gasteiger partial charge is 0.185 e. The van der Waals surface area contributed by atoms with Crippen molar-refractivity contribution in [3.63, 3.8) is 0 Å². The van der Waals surface area contributed by atoms with Crippen molar-refractivity contribution in [2.45, 2.75) is 20.4 Å². The molecule has 0 aliphatic heterocycles. The second-order valence-corrected chi connectivity index (χ2v) is 5.28. The van der Waals surface area contributed by atoms with Crippen molar-refractivity contribution in [3.05, 3.63) is 35.3 Å². The summed E-state index contributed by atoms with van der Waals surface area (Å²) in [6.07, 6.45) is 1.92. The van der Waals surface area contributed by atoms with Crippen molar-refractivity contribution >= 4 is 22.2 Å². The zero-order valence-corrected chi connectivity index (χ0v) is 12.1. The van der Waals surface area contributed by atoms with Gasteiger partial charge in [-0.25, -0.2) is 4.98 Å². The predicted molar refractivity (Wildman–Crippen MR) is 81.1 cm³/mol. The minimum atomic E-state index is 0.284. The van der Waals surface area contributed by atoms with E-state index in [-0.39, 0.29) is 5.75 Å². The molecule has 19 heavy (non-hydrogen) atoms. The Balaban J connectivity index is 1.95. The number of nitrogens with zero attached hydrogens (tertiary/aromatic N) is 2. The topological polar surface area (TPSA) is 48.4 Å². The Morgan fingerprint density at radius 2 is 1.89 bits per heavy atom. The van der Waals surface area contributed by atoms with E-state index in [1.54, 1.807) is 23.5 Å². The lowest BCUT2D eigenvalue weighted by atomic mass is 10.3. The fourth-order valence-corrected chi connectivity index (χ4v) is 2.76. The standard InChI is InChI=1S/C14H19N3OS/c1-3-17(4-2)14-16-10-13(19-14)9-15-11-5-7-12(18)8-6-11/h5-8,10,15,18H,3-4,9H2,1-2H3. The molecule has 0 amide bonds. The number of nitrogens with one attached hydrogen (secondary N) is 1. The summed E-state index contributed by atoms with van der Waals surface area (Å²) in [5.74, 6) is 0.284.